The molecule has 2 aromatic heterocycles. The summed E-state index contributed by atoms with van der Waals surface area (Å²) >= 11 is 1.61. The molecule has 4 heterocycles. The largest absolute Gasteiger partial charge is 0.363 e. The van der Waals surface area contributed by atoms with Crippen LogP contribution < -0.4 is 15.4 Å². The van der Waals surface area contributed by atoms with Gasteiger partial charge in [-0.1, -0.05) is 43.5 Å². The van der Waals surface area contributed by atoms with E-state index < -0.39 is 0 Å². The second-order valence-electron chi connectivity index (χ2n) is 10.4. The number of hydrogen-bond acceptors (Lipinski definition) is 7. The van der Waals surface area contributed by atoms with Crippen LogP contribution in [0, 0.1) is 19.8 Å². The molecule has 3 aromatic rings. The second-order valence-corrected chi connectivity index (χ2v) is 11.0. The van der Waals surface area contributed by atoms with E-state index in [9.17, 15) is 0 Å². The zero-order valence-corrected chi connectivity index (χ0v) is 22.8. The van der Waals surface area contributed by atoms with Gasteiger partial charge in [0.15, 0.2) is 5.65 Å². The molecule has 0 bridgehead atoms. The quantitative estimate of drug-likeness (QED) is 0.416. The lowest BCUT2D eigenvalue weighted by Crippen LogP contribution is -2.32. The molecule has 3 N–H and O–H groups in total. The van der Waals surface area contributed by atoms with E-state index in [2.05, 4.69) is 72.3 Å². The summed E-state index contributed by atoms with van der Waals surface area (Å²) in [5.41, 5.74) is 14.1. The average Bonchev–Trinajstić information content (AvgIpc) is 3.46. The van der Waals surface area contributed by atoms with Gasteiger partial charge in [0.1, 0.15) is 5.82 Å². The number of aryl methyl sites for hydroxylation is 2. The van der Waals surface area contributed by atoms with Crippen LogP contribution in [-0.2, 0) is 0 Å². The summed E-state index contributed by atoms with van der Waals surface area (Å²) in [6.07, 6.45) is 8.68. The van der Waals surface area contributed by atoms with E-state index >= 15 is 0 Å². The summed E-state index contributed by atoms with van der Waals surface area (Å²) in [5, 5.41) is 5.02. The molecule has 0 saturated carbocycles. The predicted octanol–water partition coefficient (Wildman–Crippen LogP) is 5.41. The van der Waals surface area contributed by atoms with Gasteiger partial charge < -0.3 is 20.3 Å². The second kappa shape index (κ2) is 10.3. The van der Waals surface area contributed by atoms with Crippen LogP contribution in [0.1, 0.15) is 61.0 Å². The van der Waals surface area contributed by atoms with Crippen molar-refractivity contribution in [3.05, 3.63) is 59.4 Å². The number of aromatic nitrogens is 3. The van der Waals surface area contributed by atoms with Gasteiger partial charge in [0.05, 0.1) is 17.4 Å². The Balaban J connectivity index is 1.46. The van der Waals surface area contributed by atoms with Gasteiger partial charge in [-0.3, -0.25) is 0 Å². The van der Waals surface area contributed by atoms with E-state index in [0.29, 0.717) is 5.92 Å². The molecular weight excluding hydrogens is 466 g/mol. The molecule has 0 spiro atoms. The lowest BCUT2D eigenvalue weighted by molar-refractivity contribution is 0.226. The maximum absolute atomic E-state index is 6.41. The number of fused-ring (bicyclic) bond motifs is 1. The van der Waals surface area contributed by atoms with Gasteiger partial charge >= 0.3 is 0 Å². The monoisotopic (exact) mass is 505 g/mol. The molecule has 0 amide bonds. The number of nitrogens with two attached hydrogens (primary N) is 1. The SMILES string of the molecule is C=C(c1cc(C)ccc1NSC)N1CCCCC1c1cc2nc(N3CC(N)C(CC)C3)c(C)cn2n1. The highest BCUT2D eigenvalue weighted by atomic mass is 32.2. The summed E-state index contributed by atoms with van der Waals surface area (Å²) < 4.78 is 5.38. The van der Waals surface area contributed by atoms with Gasteiger partial charge in [0.25, 0.3) is 0 Å². The molecule has 2 saturated heterocycles. The molecule has 192 valence electrons. The fraction of sp³-hybridized carbons (Fsp3) is 0.500. The average molecular weight is 506 g/mol. The van der Waals surface area contributed by atoms with Gasteiger partial charge in [0.2, 0.25) is 0 Å². The van der Waals surface area contributed by atoms with E-state index in [1.807, 2.05) is 10.8 Å². The van der Waals surface area contributed by atoms with Crippen LogP contribution in [0.25, 0.3) is 11.3 Å². The summed E-state index contributed by atoms with van der Waals surface area (Å²) in [7, 11) is 0. The minimum Gasteiger partial charge on any atom is -0.363 e. The fourth-order valence-electron chi connectivity index (χ4n) is 5.82. The number of hydrogen-bond donors (Lipinski definition) is 2. The van der Waals surface area contributed by atoms with Crippen LogP contribution in [-0.4, -0.2) is 51.4 Å². The maximum Gasteiger partial charge on any atom is 0.157 e. The number of likely N-dealkylation sites (tertiary alicyclic amines) is 1. The van der Waals surface area contributed by atoms with Crippen molar-refractivity contribution in [2.75, 3.05) is 35.5 Å². The Bertz CT molecular complexity index is 1250. The molecule has 3 unspecified atom stereocenters. The highest BCUT2D eigenvalue weighted by Crippen LogP contribution is 2.39. The summed E-state index contributed by atoms with van der Waals surface area (Å²) in [6, 6.07) is 9.09. The van der Waals surface area contributed by atoms with E-state index in [1.54, 1.807) is 11.9 Å². The fourth-order valence-corrected chi connectivity index (χ4v) is 6.21. The molecule has 1 aromatic carbocycles. The van der Waals surface area contributed by atoms with Crippen LogP contribution in [0.5, 0.6) is 0 Å². The van der Waals surface area contributed by atoms with Crippen molar-refractivity contribution in [3.63, 3.8) is 0 Å². The van der Waals surface area contributed by atoms with E-state index in [0.717, 1.165) is 78.6 Å². The van der Waals surface area contributed by atoms with Crippen LogP contribution in [0.2, 0.25) is 0 Å². The minimum absolute atomic E-state index is 0.184. The first-order valence-electron chi connectivity index (χ1n) is 13.1. The van der Waals surface area contributed by atoms with E-state index in [-0.39, 0.29) is 12.1 Å². The molecule has 7 nitrogen and oxygen atoms in total. The Hall–Kier alpha value is -2.71. The van der Waals surface area contributed by atoms with Crippen LogP contribution in [0.4, 0.5) is 11.5 Å². The number of piperidine rings is 1. The number of anilines is 2. The first-order valence-corrected chi connectivity index (χ1v) is 14.3. The lowest BCUT2D eigenvalue weighted by Gasteiger charge is -2.38. The molecule has 0 radical (unpaired) electrons. The first kappa shape index (κ1) is 25.0. The van der Waals surface area contributed by atoms with E-state index in [4.69, 9.17) is 15.8 Å². The normalized spacial score (nSPS) is 22.4. The Morgan fingerprint density at radius 3 is 2.81 bits per heavy atom. The van der Waals surface area contributed by atoms with Crippen molar-refractivity contribution in [3.8, 4) is 0 Å². The number of nitrogens with zero attached hydrogens (tertiary/aromatic N) is 5. The third kappa shape index (κ3) is 4.68. The number of benzene rings is 1. The highest BCUT2D eigenvalue weighted by Gasteiger charge is 2.32. The smallest absolute Gasteiger partial charge is 0.157 e. The molecular formula is C28H39N7S. The summed E-state index contributed by atoms with van der Waals surface area (Å²) in [6.45, 7) is 13.9. The molecule has 2 aliphatic heterocycles. The Morgan fingerprint density at radius 2 is 2.06 bits per heavy atom. The van der Waals surface area contributed by atoms with Crippen LogP contribution >= 0.6 is 11.9 Å². The third-order valence-electron chi connectivity index (χ3n) is 7.83. The maximum atomic E-state index is 6.41. The van der Waals surface area contributed by atoms with Gasteiger partial charge in [-0.15, -0.1) is 0 Å². The minimum atomic E-state index is 0.184. The van der Waals surface area contributed by atoms with E-state index in [1.165, 1.54) is 12.0 Å². The zero-order valence-electron chi connectivity index (χ0n) is 22.0. The lowest BCUT2D eigenvalue weighted by atomic mass is 9.96. The number of nitrogens with one attached hydrogen (secondary N) is 1. The predicted molar refractivity (Wildman–Crippen MR) is 152 cm³/mol. The van der Waals surface area contributed by atoms with Crippen molar-refractivity contribution in [2.45, 2.75) is 58.5 Å². The molecule has 8 heteroatoms. The van der Waals surface area contributed by atoms with Crippen LogP contribution in [0.3, 0.4) is 0 Å². The van der Waals surface area contributed by atoms with Gasteiger partial charge in [-0.2, -0.15) is 5.10 Å². The third-order valence-corrected chi connectivity index (χ3v) is 8.25. The molecule has 36 heavy (non-hydrogen) atoms. The standard InChI is InChI=1S/C28H39N7S/c1-6-21-16-33(17-23(21)29)28-19(3)15-35-27(30-28)14-25(31-35)26-9-7-8-12-34(26)20(4)22-13-18(2)10-11-24(22)32-36-5/h10-11,13-15,21,23,26,32H,4,6-9,12,16-17,29H2,1-3,5H3. The van der Waals surface area contributed by atoms with Crippen molar-refractivity contribution in [1.29, 1.82) is 0 Å². The van der Waals surface area contributed by atoms with Crippen molar-refractivity contribution in [1.82, 2.24) is 19.5 Å². The first-order chi connectivity index (χ1) is 17.4. The topological polar surface area (TPSA) is 74.7 Å². The van der Waals surface area contributed by atoms with Crippen molar-refractivity contribution in [2.24, 2.45) is 11.7 Å². The summed E-state index contributed by atoms with van der Waals surface area (Å²) in [5.74, 6) is 1.56. The van der Waals surface area contributed by atoms with Gasteiger partial charge in [-0.05, 0) is 51.2 Å². The Morgan fingerprint density at radius 1 is 1.22 bits per heavy atom. The summed E-state index contributed by atoms with van der Waals surface area (Å²) in [4.78, 5) is 9.87. The van der Waals surface area contributed by atoms with Gasteiger partial charge in [-0.25, -0.2) is 9.50 Å². The van der Waals surface area contributed by atoms with Crippen molar-refractivity contribution >= 4 is 34.8 Å². The molecule has 0 aliphatic carbocycles. The molecule has 3 atom stereocenters. The van der Waals surface area contributed by atoms with Crippen LogP contribution in [0.15, 0.2) is 37.0 Å². The number of rotatable bonds is 7. The molecule has 2 aliphatic rings. The Labute approximate surface area is 219 Å². The molecule has 5 rings (SSSR count). The zero-order chi connectivity index (χ0) is 25.4. The Kier molecular flexibility index (Phi) is 7.17. The van der Waals surface area contributed by atoms with Crippen molar-refractivity contribution < 1.29 is 0 Å². The van der Waals surface area contributed by atoms with Gasteiger partial charge in [0, 0.05) is 61.0 Å². The highest BCUT2D eigenvalue weighted by molar-refractivity contribution is 7.99. The molecule has 2 fully saturated rings.